The molecule has 0 aliphatic heterocycles. The van der Waals surface area contributed by atoms with E-state index in [4.69, 9.17) is 9.25 Å². The maximum Gasteiger partial charge on any atom is 0.155 e. The molecule has 0 spiro atoms. The molecule has 0 radical (unpaired) electrons. The van der Waals surface area contributed by atoms with Crippen molar-refractivity contribution in [3.05, 3.63) is 60.2 Å². The lowest BCUT2D eigenvalue weighted by Crippen LogP contribution is -2.18. The summed E-state index contributed by atoms with van der Waals surface area (Å²) in [6.45, 7) is 5.91. The first-order valence-electron chi connectivity index (χ1n) is 8.57. The molecule has 0 fully saturated rings. The van der Waals surface area contributed by atoms with Crippen molar-refractivity contribution in [3.63, 3.8) is 0 Å². The van der Waals surface area contributed by atoms with Gasteiger partial charge in [0.2, 0.25) is 0 Å². The van der Waals surface area contributed by atoms with E-state index in [0.717, 1.165) is 32.9 Å². The van der Waals surface area contributed by atoms with Gasteiger partial charge in [-0.05, 0) is 45.0 Å². The first kappa shape index (κ1) is 16.4. The van der Waals surface area contributed by atoms with E-state index in [-0.39, 0.29) is 5.60 Å². The summed E-state index contributed by atoms with van der Waals surface area (Å²) in [7, 11) is 2.00. The summed E-state index contributed by atoms with van der Waals surface area (Å²) >= 11 is 0. The molecule has 3 aromatic heterocycles. The van der Waals surface area contributed by atoms with Gasteiger partial charge in [0.1, 0.15) is 22.2 Å². The Labute approximate surface area is 151 Å². The summed E-state index contributed by atoms with van der Waals surface area (Å²) in [5.74, 6) is 0.658. The summed E-state index contributed by atoms with van der Waals surface area (Å²) in [6.07, 6.45) is 3.88. The van der Waals surface area contributed by atoms with E-state index in [1.165, 1.54) is 0 Å². The van der Waals surface area contributed by atoms with Crippen molar-refractivity contribution < 1.29 is 9.25 Å². The largest absolute Gasteiger partial charge is 0.454 e. The average Bonchev–Trinajstić information content (AvgIpc) is 2.99. The summed E-state index contributed by atoms with van der Waals surface area (Å²) in [4.78, 5) is 10.2. The Morgan fingerprint density at radius 3 is 2.73 bits per heavy atom. The third kappa shape index (κ3) is 3.08. The maximum absolute atomic E-state index is 6.09. The zero-order chi connectivity index (χ0) is 18.3. The smallest absolute Gasteiger partial charge is 0.155 e. The molecule has 0 unspecified atom stereocenters. The number of nitrogens with zero attached hydrogens (tertiary/aromatic N) is 3. The second-order valence-corrected chi connectivity index (χ2v) is 7.34. The van der Waals surface area contributed by atoms with E-state index in [1.807, 2.05) is 81.2 Å². The van der Waals surface area contributed by atoms with Crippen LogP contribution in [0.4, 0.5) is 0 Å². The highest BCUT2D eigenvalue weighted by Gasteiger charge is 2.12. The number of pyridine rings is 1. The molecule has 0 saturated carbocycles. The molecule has 1 aromatic carbocycles. The number of para-hydroxylation sites is 1. The van der Waals surface area contributed by atoms with Gasteiger partial charge in [0.15, 0.2) is 5.76 Å². The summed E-state index contributed by atoms with van der Waals surface area (Å²) < 4.78 is 8.13. The summed E-state index contributed by atoms with van der Waals surface area (Å²) in [5.41, 5.74) is 2.23. The molecule has 4 rings (SSSR count). The molecular weight excluding hydrogens is 326 g/mol. The zero-order valence-corrected chi connectivity index (χ0v) is 15.4. The lowest BCUT2D eigenvalue weighted by atomic mass is 10.1. The van der Waals surface area contributed by atoms with E-state index in [1.54, 1.807) is 0 Å². The Bertz CT molecular complexity index is 1160. The number of rotatable bonds is 2. The minimum Gasteiger partial charge on any atom is -0.454 e. The van der Waals surface area contributed by atoms with E-state index in [0.29, 0.717) is 5.76 Å². The summed E-state index contributed by atoms with van der Waals surface area (Å²) in [6, 6.07) is 13.8. The normalized spacial score (nSPS) is 12.8. The fraction of sp³-hybridized carbons (Fsp3) is 0.238. The van der Waals surface area contributed by atoms with Gasteiger partial charge in [0, 0.05) is 30.1 Å². The van der Waals surface area contributed by atoms with E-state index in [2.05, 4.69) is 16.2 Å². The van der Waals surface area contributed by atoms with Crippen molar-refractivity contribution in [1.29, 1.82) is 0 Å². The van der Waals surface area contributed by atoms with Crippen molar-refractivity contribution in [2.45, 2.75) is 26.4 Å². The standard InChI is InChI=1S/C21H21N3O2/c1-21(2,3)26-23-16-12-20(25-19-8-6-5-7-15(16)19)17-11-14-9-10-24(4)18(14)13-22-17/h5-13H,1-4H3. The van der Waals surface area contributed by atoms with Crippen molar-refractivity contribution >= 4 is 21.9 Å². The monoisotopic (exact) mass is 347 g/mol. The SMILES string of the molecule is Cn1ccc2cc(-c3cc(=NOC(C)(C)C)c4ccccc4o3)ncc21. The first-order chi connectivity index (χ1) is 12.4. The molecule has 26 heavy (non-hydrogen) atoms. The van der Waals surface area contributed by atoms with Gasteiger partial charge in [-0.25, -0.2) is 0 Å². The average molecular weight is 347 g/mol. The number of benzene rings is 1. The highest BCUT2D eigenvalue weighted by atomic mass is 16.6. The fourth-order valence-corrected chi connectivity index (χ4v) is 2.80. The van der Waals surface area contributed by atoms with Gasteiger partial charge in [-0.15, -0.1) is 0 Å². The molecule has 0 aliphatic carbocycles. The third-order valence-corrected chi connectivity index (χ3v) is 4.09. The van der Waals surface area contributed by atoms with Gasteiger partial charge in [-0.2, -0.15) is 0 Å². The molecule has 0 amide bonds. The molecule has 5 heteroatoms. The van der Waals surface area contributed by atoms with Crippen LogP contribution in [0.3, 0.4) is 0 Å². The van der Waals surface area contributed by atoms with Crippen LogP contribution in [-0.4, -0.2) is 15.2 Å². The number of fused-ring (bicyclic) bond motifs is 2. The first-order valence-corrected chi connectivity index (χ1v) is 8.57. The van der Waals surface area contributed by atoms with Gasteiger partial charge >= 0.3 is 0 Å². The highest BCUT2D eigenvalue weighted by molar-refractivity contribution is 5.83. The number of hydrogen-bond acceptors (Lipinski definition) is 4. The van der Waals surface area contributed by atoms with Crippen molar-refractivity contribution in [2.75, 3.05) is 0 Å². The van der Waals surface area contributed by atoms with Crippen LogP contribution in [0.2, 0.25) is 0 Å². The highest BCUT2D eigenvalue weighted by Crippen LogP contribution is 2.24. The number of aromatic nitrogens is 2. The molecule has 0 aliphatic rings. The van der Waals surface area contributed by atoms with Gasteiger partial charge in [0.25, 0.3) is 0 Å². The predicted octanol–water partition coefficient (Wildman–Crippen LogP) is 4.62. The second kappa shape index (κ2) is 6.02. The van der Waals surface area contributed by atoms with E-state index in [9.17, 15) is 0 Å². The Morgan fingerprint density at radius 2 is 1.92 bits per heavy atom. The number of hydrogen-bond donors (Lipinski definition) is 0. The Kier molecular flexibility index (Phi) is 3.80. The quantitative estimate of drug-likeness (QED) is 0.497. The fourth-order valence-electron chi connectivity index (χ4n) is 2.80. The van der Waals surface area contributed by atoms with Gasteiger partial charge in [-0.3, -0.25) is 4.98 Å². The van der Waals surface area contributed by atoms with Crippen LogP contribution in [0.5, 0.6) is 0 Å². The molecule has 0 atom stereocenters. The van der Waals surface area contributed by atoms with Crippen LogP contribution in [0.25, 0.3) is 33.3 Å². The van der Waals surface area contributed by atoms with Crippen LogP contribution in [0.1, 0.15) is 20.8 Å². The van der Waals surface area contributed by atoms with Gasteiger partial charge in [0.05, 0.1) is 11.7 Å². The molecular formula is C21H21N3O2. The Balaban J connectivity index is 1.91. The second-order valence-electron chi connectivity index (χ2n) is 7.34. The lowest BCUT2D eigenvalue weighted by molar-refractivity contribution is -0.00585. The third-order valence-electron chi connectivity index (χ3n) is 4.09. The maximum atomic E-state index is 6.09. The summed E-state index contributed by atoms with van der Waals surface area (Å²) in [5, 5.41) is 7.11. The van der Waals surface area contributed by atoms with Crippen LogP contribution in [-0.2, 0) is 11.9 Å². The van der Waals surface area contributed by atoms with Crippen LogP contribution in [0, 0.1) is 0 Å². The predicted molar refractivity (Wildman–Crippen MR) is 102 cm³/mol. The van der Waals surface area contributed by atoms with Crippen LogP contribution in [0.15, 0.2) is 64.4 Å². The molecule has 0 saturated heterocycles. The minimum absolute atomic E-state index is 0.366. The topological polar surface area (TPSA) is 52.5 Å². The van der Waals surface area contributed by atoms with Crippen LogP contribution < -0.4 is 5.36 Å². The van der Waals surface area contributed by atoms with Gasteiger partial charge in [-0.1, -0.05) is 17.3 Å². The van der Waals surface area contributed by atoms with Crippen molar-refractivity contribution in [2.24, 2.45) is 12.2 Å². The molecule has 0 N–H and O–H groups in total. The molecule has 4 aromatic rings. The number of aryl methyl sites for hydroxylation is 1. The minimum atomic E-state index is -0.366. The van der Waals surface area contributed by atoms with Crippen molar-refractivity contribution in [1.82, 2.24) is 9.55 Å². The Morgan fingerprint density at radius 1 is 1.12 bits per heavy atom. The van der Waals surface area contributed by atoms with E-state index < -0.39 is 0 Å². The van der Waals surface area contributed by atoms with Gasteiger partial charge < -0.3 is 13.8 Å². The molecule has 5 nitrogen and oxygen atoms in total. The lowest BCUT2D eigenvalue weighted by Gasteiger charge is -2.15. The Hall–Kier alpha value is -3.08. The zero-order valence-electron chi connectivity index (χ0n) is 15.4. The molecule has 3 heterocycles. The van der Waals surface area contributed by atoms with E-state index >= 15 is 0 Å². The molecule has 0 bridgehead atoms. The van der Waals surface area contributed by atoms with Crippen LogP contribution >= 0.6 is 0 Å². The molecule has 132 valence electrons. The van der Waals surface area contributed by atoms with Crippen molar-refractivity contribution in [3.8, 4) is 11.5 Å².